The second kappa shape index (κ2) is 6.88. The average Bonchev–Trinajstić information content (AvgIpc) is 2.79. The summed E-state index contributed by atoms with van der Waals surface area (Å²) in [6.07, 6.45) is 0. The Morgan fingerprint density at radius 3 is 1.96 bits per heavy atom. The Kier molecular flexibility index (Phi) is 5.59. The van der Waals surface area contributed by atoms with Gasteiger partial charge in [0.1, 0.15) is 9.75 Å². The first-order valence-corrected chi connectivity index (χ1v) is 10.1. The molecule has 2 aliphatic rings. The number of rotatable bonds is 3. The van der Waals surface area contributed by atoms with Crippen LogP contribution in [-0.4, -0.2) is 31.1 Å². The van der Waals surface area contributed by atoms with Gasteiger partial charge in [0.25, 0.3) is 0 Å². The third-order valence-corrected chi connectivity index (χ3v) is 9.77. The van der Waals surface area contributed by atoms with Crippen LogP contribution in [0.3, 0.4) is 0 Å². The lowest BCUT2D eigenvalue weighted by Gasteiger charge is -2.33. The molecule has 0 spiro atoms. The highest BCUT2D eigenvalue weighted by Crippen LogP contribution is 2.76. The zero-order valence-corrected chi connectivity index (χ0v) is 18.7. The van der Waals surface area contributed by atoms with E-state index in [-0.39, 0.29) is 25.8 Å². The summed E-state index contributed by atoms with van der Waals surface area (Å²) in [5.41, 5.74) is 0.130. The molecule has 3 rings (SSSR count). The van der Waals surface area contributed by atoms with Gasteiger partial charge in [-0.1, -0.05) is 75.7 Å². The van der Waals surface area contributed by atoms with Crippen molar-refractivity contribution in [1.82, 2.24) is 0 Å². The molecular weight excluding hydrogens is 526 g/mol. The molecule has 1 aromatic rings. The van der Waals surface area contributed by atoms with Gasteiger partial charge in [0.2, 0.25) is 5.91 Å². The highest BCUT2D eigenvalue weighted by atomic mass is 35.5. The van der Waals surface area contributed by atoms with Crippen molar-refractivity contribution in [1.29, 1.82) is 0 Å². The Balaban J connectivity index is 2.13. The third-order valence-electron chi connectivity index (χ3n) is 4.69. The summed E-state index contributed by atoms with van der Waals surface area (Å²) in [4.78, 5) is 20.8. The SMILES string of the molecule is O=C(O)C1C(C(=O)Nc2cccc(Cl)c2Cl)C2(Cl)C(Cl)=C(Cl)C1(Cl)C2(Cl)Cl. The van der Waals surface area contributed by atoms with Gasteiger partial charge in [-0.25, -0.2) is 0 Å². The fraction of sp³-hybridized carbons (Fsp3) is 0.333. The van der Waals surface area contributed by atoms with E-state index >= 15 is 0 Å². The first-order valence-electron chi connectivity index (χ1n) is 7.13. The van der Waals surface area contributed by atoms with Crippen LogP contribution in [0, 0.1) is 11.8 Å². The van der Waals surface area contributed by atoms with Gasteiger partial charge in [-0.2, -0.15) is 0 Å². The maximum absolute atomic E-state index is 13.0. The number of aliphatic carboxylic acids is 1. The van der Waals surface area contributed by atoms with E-state index in [9.17, 15) is 14.7 Å². The molecule has 1 amide bonds. The van der Waals surface area contributed by atoms with Gasteiger partial charge in [-0.05, 0) is 12.1 Å². The van der Waals surface area contributed by atoms with Gasteiger partial charge in [-0.15, -0.1) is 23.2 Å². The normalized spacial score (nSPS) is 34.1. The lowest BCUT2D eigenvalue weighted by molar-refractivity contribution is -0.146. The number of carbonyl (C=O) groups excluding carboxylic acids is 1. The van der Waals surface area contributed by atoms with Crippen molar-refractivity contribution in [3.8, 4) is 0 Å². The van der Waals surface area contributed by atoms with Crippen LogP contribution in [0.5, 0.6) is 0 Å². The first kappa shape index (κ1) is 21.9. The standard InChI is InChI=1S/C15H7Cl8NO3/c16-4-2-1-3-5(8(4)17)24-11(25)6-7(12(26)27)14(21)10(19)9(18)13(6,20)15(14,22)23/h1-3,6-7H,(H,24,25)(H,26,27). The molecule has 1 fully saturated rings. The molecule has 12 heteroatoms. The highest BCUT2D eigenvalue weighted by Gasteiger charge is 2.85. The van der Waals surface area contributed by atoms with Crippen LogP contribution in [-0.2, 0) is 9.59 Å². The number of amides is 1. The monoisotopic (exact) mass is 529 g/mol. The fourth-order valence-corrected chi connectivity index (χ4v) is 6.72. The summed E-state index contributed by atoms with van der Waals surface area (Å²) >= 11 is 50.0. The minimum absolute atomic E-state index is 0.0504. The Bertz CT molecular complexity index is 903. The largest absolute Gasteiger partial charge is 0.481 e. The van der Waals surface area contributed by atoms with E-state index < -0.39 is 37.8 Å². The quantitative estimate of drug-likeness (QED) is 0.463. The van der Waals surface area contributed by atoms with E-state index in [2.05, 4.69) is 5.32 Å². The number of carboxylic acids is 1. The van der Waals surface area contributed by atoms with Crippen LogP contribution in [0.15, 0.2) is 28.3 Å². The molecule has 0 aromatic heterocycles. The van der Waals surface area contributed by atoms with Crippen molar-refractivity contribution < 1.29 is 14.7 Å². The summed E-state index contributed by atoms with van der Waals surface area (Å²) in [6, 6.07) is 4.51. The molecule has 4 atom stereocenters. The molecule has 0 radical (unpaired) electrons. The van der Waals surface area contributed by atoms with Crippen LogP contribution >= 0.6 is 92.8 Å². The first-order chi connectivity index (χ1) is 12.3. The Morgan fingerprint density at radius 2 is 1.44 bits per heavy atom. The number of alkyl halides is 4. The number of hydrogen-bond acceptors (Lipinski definition) is 2. The van der Waals surface area contributed by atoms with Crippen LogP contribution in [0.2, 0.25) is 10.0 Å². The second-order valence-corrected chi connectivity index (χ2v) is 10.1. The summed E-state index contributed by atoms with van der Waals surface area (Å²) in [6.45, 7) is 0. The lowest BCUT2D eigenvalue weighted by atomic mass is 9.81. The summed E-state index contributed by atoms with van der Waals surface area (Å²) in [5.74, 6) is -5.57. The highest BCUT2D eigenvalue weighted by molar-refractivity contribution is 6.66. The number of benzene rings is 1. The summed E-state index contributed by atoms with van der Waals surface area (Å²) in [7, 11) is 0. The molecule has 146 valence electrons. The van der Waals surface area contributed by atoms with Gasteiger partial charge in [0.15, 0.2) is 4.33 Å². The second-order valence-electron chi connectivity index (χ2n) is 6.01. The Hall–Kier alpha value is 0.220. The van der Waals surface area contributed by atoms with Crippen molar-refractivity contribution in [3.05, 3.63) is 38.3 Å². The number of halogens is 8. The van der Waals surface area contributed by atoms with Gasteiger partial charge in [0, 0.05) is 0 Å². The Morgan fingerprint density at radius 1 is 0.926 bits per heavy atom. The molecule has 1 aromatic carbocycles. The molecule has 2 N–H and O–H groups in total. The molecular formula is C15H7Cl8NO3. The predicted octanol–water partition coefficient (Wildman–Crippen LogP) is 6.09. The van der Waals surface area contributed by atoms with Crippen molar-refractivity contribution in [2.24, 2.45) is 11.8 Å². The van der Waals surface area contributed by atoms with Crippen LogP contribution in [0.1, 0.15) is 0 Å². The number of carboxylic acid groups (broad SMARTS) is 1. The molecule has 0 saturated heterocycles. The van der Waals surface area contributed by atoms with E-state index in [1.807, 2.05) is 0 Å². The fourth-order valence-electron chi connectivity index (χ4n) is 3.44. The molecule has 2 bridgehead atoms. The maximum Gasteiger partial charge on any atom is 0.309 e. The molecule has 27 heavy (non-hydrogen) atoms. The summed E-state index contributed by atoms with van der Waals surface area (Å²) < 4.78 is -2.18. The van der Waals surface area contributed by atoms with Crippen molar-refractivity contribution >= 4 is 110 Å². The molecule has 0 aliphatic heterocycles. The third kappa shape index (κ3) is 2.65. The number of hydrogen-bond donors (Lipinski definition) is 2. The zero-order chi connectivity index (χ0) is 20.5. The maximum atomic E-state index is 13.0. The number of carbonyl (C=O) groups is 2. The lowest BCUT2D eigenvalue weighted by Crippen LogP contribution is -2.47. The predicted molar refractivity (Wildman–Crippen MR) is 110 cm³/mol. The van der Waals surface area contributed by atoms with E-state index in [0.29, 0.717) is 0 Å². The van der Waals surface area contributed by atoms with Crippen molar-refractivity contribution in [2.45, 2.75) is 14.1 Å². The molecule has 4 nitrogen and oxygen atoms in total. The molecule has 1 saturated carbocycles. The van der Waals surface area contributed by atoms with Crippen LogP contribution in [0.4, 0.5) is 5.69 Å². The number of anilines is 1. The molecule has 0 heterocycles. The van der Waals surface area contributed by atoms with E-state index in [0.717, 1.165) is 0 Å². The number of nitrogens with one attached hydrogen (secondary N) is 1. The van der Waals surface area contributed by atoms with Gasteiger partial charge in [-0.3, -0.25) is 9.59 Å². The molecule has 2 aliphatic carbocycles. The minimum Gasteiger partial charge on any atom is -0.481 e. The molecule has 4 unspecified atom stereocenters. The van der Waals surface area contributed by atoms with Crippen LogP contribution in [0.25, 0.3) is 0 Å². The van der Waals surface area contributed by atoms with Gasteiger partial charge < -0.3 is 10.4 Å². The number of fused-ring (bicyclic) bond motifs is 2. The van der Waals surface area contributed by atoms with E-state index in [1.54, 1.807) is 0 Å². The smallest absolute Gasteiger partial charge is 0.309 e. The van der Waals surface area contributed by atoms with E-state index in [4.69, 9.17) is 92.8 Å². The van der Waals surface area contributed by atoms with Gasteiger partial charge >= 0.3 is 5.97 Å². The number of allylic oxidation sites excluding steroid dienone is 2. The van der Waals surface area contributed by atoms with E-state index in [1.165, 1.54) is 18.2 Å². The summed E-state index contributed by atoms with van der Waals surface area (Å²) in [5, 5.41) is 11.8. The Labute approximate surface area is 193 Å². The van der Waals surface area contributed by atoms with Crippen LogP contribution < -0.4 is 5.32 Å². The zero-order valence-electron chi connectivity index (χ0n) is 12.7. The van der Waals surface area contributed by atoms with Crippen molar-refractivity contribution in [2.75, 3.05) is 5.32 Å². The van der Waals surface area contributed by atoms with Crippen molar-refractivity contribution in [3.63, 3.8) is 0 Å². The minimum atomic E-state index is -2.18. The topological polar surface area (TPSA) is 66.4 Å². The average molecular weight is 533 g/mol. The van der Waals surface area contributed by atoms with Gasteiger partial charge in [0.05, 0.1) is 37.6 Å².